The van der Waals surface area contributed by atoms with Crippen LogP contribution >= 0.6 is 0 Å². The summed E-state index contributed by atoms with van der Waals surface area (Å²) in [7, 11) is 0. The highest BCUT2D eigenvalue weighted by atomic mass is 16.2. The topological polar surface area (TPSA) is 78.4 Å². The molecule has 2 aliphatic rings. The van der Waals surface area contributed by atoms with Crippen molar-refractivity contribution in [2.75, 3.05) is 31.5 Å². The first kappa shape index (κ1) is 18.4. The van der Waals surface area contributed by atoms with Crippen molar-refractivity contribution < 1.29 is 9.59 Å². The molecule has 2 aliphatic heterocycles. The maximum Gasteiger partial charge on any atom is 0.257 e. The molecule has 1 atom stereocenters. The van der Waals surface area contributed by atoms with Crippen molar-refractivity contribution in [2.45, 2.75) is 26.2 Å². The maximum absolute atomic E-state index is 12.9. The molecule has 4 rings (SSSR count). The van der Waals surface area contributed by atoms with Crippen LogP contribution in [0.2, 0.25) is 0 Å². The summed E-state index contributed by atoms with van der Waals surface area (Å²) in [5.41, 5.74) is 0.950. The Labute approximate surface area is 164 Å². The summed E-state index contributed by atoms with van der Waals surface area (Å²) in [6.07, 6.45) is 5.64. The molecule has 0 saturated carbocycles. The summed E-state index contributed by atoms with van der Waals surface area (Å²) in [6, 6.07) is 9.64. The molecule has 2 saturated heterocycles. The second-order valence-corrected chi connectivity index (χ2v) is 7.59. The molecule has 1 aromatic heterocycles. The maximum atomic E-state index is 12.9. The molecule has 1 aromatic carbocycles. The van der Waals surface area contributed by atoms with Crippen molar-refractivity contribution >= 4 is 23.5 Å². The lowest BCUT2D eigenvalue weighted by atomic mass is 9.85. The van der Waals surface area contributed by atoms with Gasteiger partial charge in [0.15, 0.2) is 0 Å². The number of anilines is 2. The van der Waals surface area contributed by atoms with Crippen LogP contribution in [0.15, 0.2) is 42.7 Å². The largest absolute Gasteiger partial charge is 0.342 e. The van der Waals surface area contributed by atoms with E-state index in [0.29, 0.717) is 24.6 Å². The fourth-order valence-electron chi connectivity index (χ4n) is 4.14. The zero-order valence-corrected chi connectivity index (χ0v) is 16.1. The lowest BCUT2D eigenvalue weighted by molar-refractivity contribution is -0.135. The molecule has 0 bridgehead atoms. The van der Waals surface area contributed by atoms with Gasteiger partial charge in [-0.25, -0.2) is 9.97 Å². The summed E-state index contributed by atoms with van der Waals surface area (Å²) < 4.78 is 0. The second-order valence-electron chi connectivity index (χ2n) is 7.59. The van der Waals surface area contributed by atoms with Gasteiger partial charge >= 0.3 is 0 Å². The van der Waals surface area contributed by atoms with E-state index in [9.17, 15) is 9.59 Å². The van der Waals surface area contributed by atoms with Crippen LogP contribution in [0.5, 0.6) is 0 Å². The number of para-hydroxylation sites is 1. The molecule has 2 fully saturated rings. The normalized spacial score (nSPS) is 21.5. The zero-order chi connectivity index (χ0) is 19.6. The van der Waals surface area contributed by atoms with Crippen LogP contribution in [-0.4, -0.2) is 57.8 Å². The number of hydrogen-bond acceptors (Lipinski definition) is 5. The Bertz CT molecular complexity index is 855. The average molecular weight is 379 g/mol. The highest BCUT2D eigenvalue weighted by molar-refractivity contribution is 5.95. The molecule has 7 nitrogen and oxygen atoms in total. The summed E-state index contributed by atoms with van der Waals surface area (Å²) in [5.74, 6) is 0.551. The Kier molecular flexibility index (Phi) is 4.98. The number of hydrogen-bond donors (Lipinski definition) is 1. The quantitative estimate of drug-likeness (QED) is 0.864. The van der Waals surface area contributed by atoms with E-state index in [1.807, 2.05) is 35.2 Å². The van der Waals surface area contributed by atoms with Crippen molar-refractivity contribution in [1.82, 2.24) is 19.8 Å². The SMILES string of the molecule is CCCN1CCC2(CCN(C(=O)c3cnc(Nc4ccccc4)nc3)C2)C1=O. The van der Waals surface area contributed by atoms with E-state index in [4.69, 9.17) is 0 Å². The summed E-state index contributed by atoms with van der Waals surface area (Å²) in [6.45, 7) is 4.79. The molecule has 1 spiro atoms. The van der Waals surface area contributed by atoms with Gasteiger partial charge in [0.05, 0.1) is 11.0 Å². The number of nitrogens with zero attached hydrogens (tertiary/aromatic N) is 4. The third kappa shape index (κ3) is 3.44. The molecule has 1 unspecified atom stereocenters. The molecule has 28 heavy (non-hydrogen) atoms. The van der Waals surface area contributed by atoms with Crippen LogP contribution in [0.3, 0.4) is 0 Å². The lowest BCUT2D eigenvalue weighted by Crippen LogP contribution is -2.38. The Balaban J connectivity index is 1.41. The highest BCUT2D eigenvalue weighted by Crippen LogP contribution is 2.41. The number of rotatable bonds is 5. The van der Waals surface area contributed by atoms with Crippen LogP contribution in [0.4, 0.5) is 11.6 Å². The first-order chi connectivity index (χ1) is 13.6. The Morgan fingerprint density at radius 2 is 1.86 bits per heavy atom. The van der Waals surface area contributed by atoms with Gasteiger partial charge in [0.2, 0.25) is 11.9 Å². The van der Waals surface area contributed by atoms with Crippen LogP contribution in [-0.2, 0) is 4.79 Å². The fraction of sp³-hybridized carbons (Fsp3) is 0.429. The zero-order valence-electron chi connectivity index (χ0n) is 16.1. The Morgan fingerprint density at radius 3 is 2.57 bits per heavy atom. The number of nitrogens with one attached hydrogen (secondary N) is 1. The first-order valence-corrected chi connectivity index (χ1v) is 9.84. The number of amides is 2. The van der Waals surface area contributed by atoms with Crippen molar-refractivity contribution in [3.63, 3.8) is 0 Å². The summed E-state index contributed by atoms with van der Waals surface area (Å²) >= 11 is 0. The van der Waals surface area contributed by atoms with Crippen molar-refractivity contribution in [2.24, 2.45) is 5.41 Å². The van der Waals surface area contributed by atoms with Gasteiger partial charge in [0.25, 0.3) is 5.91 Å². The van der Waals surface area contributed by atoms with Gasteiger partial charge in [-0.1, -0.05) is 25.1 Å². The van der Waals surface area contributed by atoms with E-state index in [-0.39, 0.29) is 17.2 Å². The molecule has 0 radical (unpaired) electrons. The van der Waals surface area contributed by atoms with E-state index in [0.717, 1.165) is 38.0 Å². The molecular weight excluding hydrogens is 354 g/mol. The summed E-state index contributed by atoms with van der Waals surface area (Å²) in [5, 5.41) is 3.10. The predicted molar refractivity (Wildman–Crippen MR) is 106 cm³/mol. The molecule has 7 heteroatoms. The number of benzene rings is 1. The average Bonchev–Trinajstić information content (AvgIpc) is 3.29. The van der Waals surface area contributed by atoms with Gasteiger partial charge < -0.3 is 15.1 Å². The molecule has 2 aromatic rings. The minimum atomic E-state index is -0.388. The van der Waals surface area contributed by atoms with Gasteiger partial charge in [-0.15, -0.1) is 0 Å². The van der Waals surface area contributed by atoms with Gasteiger partial charge in [-0.3, -0.25) is 9.59 Å². The summed E-state index contributed by atoms with van der Waals surface area (Å²) in [4.78, 5) is 37.9. The van der Waals surface area contributed by atoms with E-state index in [2.05, 4.69) is 22.2 Å². The Hall–Kier alpha value is -2.96. The monoisotopic (exact) mass is 379 g/mol. The van der Waals surface area contributed by atoms with Gasteiger partial charge in [0.1, 0.15) is 0 Å². The first-order valence-electron chi connectivity index (χ1n) is 9.84. The number of carbonyl (C=O) groups excluding carboxylic acids is 2. The molecule has 2 amide bonds. The standard InChI is InChI=1S/C21H25N5O2/c1-2-10-25-11-8-21(19(25)28)9-12-26(15-21)18(27)16-13-22-20(23-14-16)24-17-6-4-3-5-7-17/h3-7,13-14H,2,8-12,15H2,1H3,(H,22,23,24). The third-order valence-corrected chi connectivity index (χ3v) is 5.66. The lowest BCUT2D eigenvalue weighted by Gasteiger charge is -2.23. The molecule has 3 heterocycles. The van der Waals surface area contributed by atoms with E-state index in [1.54, 1.807) is 17.3 Å². The predicted octanol–water partition coefficient (Wildman–Crippen LogP) is 2.69. The number of likely N-dealkylation sites (tertiary alicyclic amines) is 2. The highest BCUT2D eigenvalue weighted by Gasteiger charge is 2.51. The van der Waals surface area contributed by atoms with Crippen molar-refractivity contribution in [3.05, 3.63) is 48.3 Å². The minimum Gasteiger partial charge on any atom is -0.342 e. The van der Waals surface area contributed by atoms with Crippen LogP contribution in [0, 0.1) is 5.41 Å². The van der Waals surface area contributed by atoms with Crippen molar-refractivity contribution in [1.29, 1.82) is 0 Å². The van der Waals surface area contributed by atoms with Crippen LogP contribution in [0.1, 0.15) is 36.5 Å². The van der Waals surface area contributed by atoms with Gasteiger partial charge in [0, 0.05) is 44.3 Å². The van der Waals surface area contributed by atoms with Gasteiger partial charge in [-0.05, 0) is 31.4 Å². The minimum absolute atomic E-state index is 0.107. The molecule has 0 aliphatic carbocycles. The third-order valence-electron chi connectivity index (χ3n) is 5.66. The van der Waals surface area contributed by atoms with E-state index >= 15 is 0 Å². The molecule has 146 valence electrons. The van der Waals surface area contributed by atoms with E-state index < -0.39 is 0 Å². The van der Waals surface area contributed by atoms with Crippen LogP contribution < -0.4 is 5.32 Å². The second kappa shape index (κ2) is 7.58. The smallest absolute Gasteiger partial charge is 0.257 e. The van der Waals surface area contributed by atoms with E-state index in [1.165, 1.54) is 0 Å². The number of aromatic nitrogens is 2. The molecule has 1 N–H and O–H groups in total. The fourth-order valence-corrected chi connectivity index (χ4v) is 4.14. The molecular formula is C21H25N5O2. The van der Waals surface area contributed by atoms with Gasteiger partial charge in [-0.2, -0.15) is 0 Å². The van der Waals surface area contributed by atoms with Crippen LogP contribution in [0.25, 0.3) is 0 Å². The van der Waals surface area contributed by atoms with Crippen molar-refractivity contribution in [3.8, 4) is 0 Å². The number of carbonyl (C=O) groups is 2. The Morgan fingerprint density at radius 1 is 1.14 bits per heavy atom.